The summed E-state index contributed by atoms with van der Waals surface area (Å²) in [5.74, 6) is 0.991. The molecule has 0 saturated carbocycles. The predicted molar refractivity (Wildman–Crippen MR) is 108 cm³/mol. The largest absolute Gasteiger partial charge is 0.344 e. The van der Waals surface area contributed by atoms with Gasteiger partial charge in [0.25, 0.3) is 0 Å². The monoisotopic (exact) mass is 353 g/mol. The van der Waals surface area contributed by atoms with Crippen LogP contribution in [0.3, 0.4) is 0 Å². The Hall–Kier alpha value is -3.34. The molecule has 0 saturated heterocycles. The molecule has 0 unspecified atom stereocenters. The number of nitrogens with one attached hydrogen (secondary N) is 1. The molecule has 2 aliphatic heterocycles. The van der Waals surface area contributed by atoms with E-state index in [0.29, 0.717) is 0 Å². The maximum Gasteiger partial charge on any atom is 0.148 e. The van der Waals surface area contributed by atoms with Gasteiger partial charge in [0.05, 0.1) is 11.1 Å². The molecule has 0 atom stereocenters. The van der Waals surface area contributed by atoms with Crippen LogP contribution in [0, 0.1) is 0 Å². The van der Waals surface area contributed by atoms with Crippen LogP contribution in [0.2, 0.25) is 0 Å². The molecule has 6 rings (SSSR count). The molecule has 0 aliphatic carbocycles. The van der Waals surface area contributed by atoms with E-state index < -0.39 is 0 Å². The summed E-state index contributed by atoms with van der Waals surface area (Å²) < 4.78 is 0. The van der Waals surface area contributed by atoms with Crippen LogP contribution in [0.25, 0.3) is 11.0 Å². The first kappa shape index (κ1) is 14.8. The Morgan fingerprint density at radius 1 is 0.741 bits per heavy atom. The Morgan fingerprint density at radius 2 is 1.41 bits per heavy atom. The number of para-hydroxylation sites is 2. The second kappa shape index (κ2) is 5.58. The summed E-state index contributed by atoms with van der Waals surface area (Å²) in [5.41, 5.74) is 7.38. The molecule has 132 valence electrons. The molecule has 2 aromatic carbocycles. The summed E-state index contributed by atoms with van der Waals surface area (Å²) in [6.45, 7) is 1.93. The van der Waals surface area contributed by atoms with E-state index in [-0.39, 0.29) is 0 Å². The molecular formula is C22H19N5. The summed E-state index contributed by atoms with van der Waals surface area (Å²) in [7, 11) is 0. The highest BCUT2D eigenvalue weighted by molar-refractivity contribution is 6.02. The lowest BCUT2D eigenvalue weighted by atomic mass is 10.2. The van der Waals surface area contributed by atoms with Gasteiger partial charge in [-0.05, 0) is 36.1 Å². The van der Waals surface area contributed by atoms with Gasteiger partial charge >= 0.3 is 0 Å². The average molecular weight is 353 g/mol. The number of aromatic nitrogens is 3. The zero-order chi connectivity index (χ0) is 17.8. The highest BCUT2D eigenvalue weighted by atomic mass is 15.2. The van der Waals surface area contributed by atoms with Gasteiger partial charge in [-0.1, -0.05) is 36.4 Å². The molecule has 1 N–H and O–H groups in total. The number of H-pyrrole nitrogens is 1. The van der Waals surface area contributed by atoms with Gasteiger partial charge in [0.15, 0.2) is 0 Å². The molecule has 2 aromatic heterocycles. The van der Waals surface area contributed by atoms with Gasteiger partial charge in [-0.2, -0.15) is 0 Å². The van der Waals surface area contributed by atoms with E-state index >= 15 is 0 Å². The van der Waals surface area contributed by atoms with Crippen molar-refractivity contribution in [3.05, 3.63) is 72.2 Å². The van der Waals surface area contributed by atoms with Crippen molar-refractivity contribution < 1.29 is 0 Å². The van der Waals surface area contributed by atoms with Crippen LogP contribution in [-0.4, -0.2) is 28.0 Å². The standard InChI is InChI=1S/C22H19N5/c1-3-7-17-15(5-1)9-11-26(17)19-13-23-21-20(19)22(25-14-24-21)27-12-10-16-6-2-4-8-18(16)27/h1-8,13-14H,9-12H2,(H,23,24,25). The van der Waals surface area contributed by atoms with E-state index in [1.807, 2.05) is 0 Å². The number of nitrogens with zero attached hydrogens (tertiary/aromatic N) is 4. The molecule has 2 aliphatic rings. The van der Waals surface area contributed by atoms with Crippen molar-refractivity contribution in [2.75, 3.05) is 22.9 Å². The summed E-state index contributed by atoms with van der Waals surface area (Å²) in [6.07, 6.45) is 5.86. The van der Waals surface area contributed by atoms with Crippen molar-refractivity contribution >= 4 is 33.9 Å². The van der Waals surface area contributed by atoms with Crippen molar-refractivity contribution in [2.24, 2.45) is 0 Å². The molecule has 0 spiro atoms. The van der Waals surface area contributed by atoms with E-state index in [2.05, 4.69) is 74.5 Å². The Bertz CT molecular complexity index is 1160. The van der Waals surface area contributed by atoms with Crippen molar-refractivity contribution in [2.45, 2.75) is 12.8 Å². The number of aromatic amines is 1. The van der Waals surface area contributed by atoms with Gasteiger partial charge < -0.3 is 14.8 Å². The lowest BCUT2D eigenvalue weighted by molar-refractivity contribution is 0.971. The van der Waals surface area contributed by atoms with Crippen LogP contribution in [0.1, 0.15) is 11.1 Å². The van der Waals surface area contributed by atoms with Crippen molar-refractivity contribution in [3.8, 4) is 0 Å². The molecule has 0 bridgehead atoms. The summed E-state index contributed by atoms with van der Waals surface area (Å²) >= 11 is 0. The molecule has 27 heavy (non-hydrogen) atoms. The molecule has 5 heteroatoms. The summed E-state index contributed by atoms with van der Waals surface area (Å²) in [6, 6.07) is 17.3. The molecule has 0 amide bonds. The fraction of sp³-hybridized carbons (Fsp3) is 0.182. The van der Waals surface area contributed by atoms with Gasteiger partial charge in [-0.15, -0.1) is 0 Å². The minimum Gasteiger partial charge on any atom is -0.344 e. The Kier molecular flexibility index (Phi) is 3.06. The fourth-order valence-electron chi connectivity index (χ4n) is 4.49. The quantitative estimate of drug-likeness (QED) is 0.582. The zero-order valence-corrected chi connectivity index (χ0v) is 14.9. The second-order valence-electron chi connectivity index (χ2n) is 7.16. The molecule has 0 radical (unpaired) electrons. The van der Waals surface area contributed by atoms with E-state index in [1.54, 1.807) is 6.33 Å². The van der Waals surface area contributed by atoms with E-state index in [0.717, 1.165) is 48.5 Å². The van der Waals surface area contributed by atoms with Crippen LogP contribution in [-0.2, 0) is 12.8 Å². The van der Waals surface area contributed by atoms with Gasteiger partial charge in [0, 0.05) is 30.7 Å². The number of anilines is 4. The van der Waals surface area contributed by atoms with Gasteiger partial charge in [-0.25, -0.2) is 9.97 Å². The average Bonchev–Trinajstić information content (AvgIpc) is 3.43. The number of benzene rings is 2. The zero-order valence-electron chi connectivity index (χ0n) is 14.9. The first-order valence-corrected chi connectivity index (χ1v) is 9.43. The van der Waals surface area contributed by atoms with Crippen LogP contribution in [0.15, 0.2) is 61.1 Å². The van der Waals surface area contributed by atoms with Gasteiger partial charge in [0.1, 0.15) is 17.8 Å². The lowest BCUT2D eigenvalue weighted by Crippen LogP contribution is -2.17. The number of hydrogen-bond donors (Lipinski definition) is 1. The smallest absolute Gasteiger partial charge is 0.148 e. The van der Waals surface area contributed by atoms with Crippen molar-refractivity contribution in [3.63, 3.8) is 0 Å². The number of hydrogen-bond acceptors (Lipinski definition) is 4. The highest BCUT2D eigenvalue weighted by Gasteiger charge is 2.28. The molecular weight excluding hydrogens is 334 g/mol. The van der Waals surface area contributed by atoms with E-state index in [9.17, 15) is 0 Å². The van der Waals surface area contributed by atoms with Crippen molar-refractivity contribution in [1.29, 1.82) is 0 Å². The molecule has 0 fully saturated rings. The maximum atomic E-state index is 4.72. The highest BCUT2D eigenvalue weighted by Crippen LogP contribution is 2.43. The van der Waals surface area contributed by atoms with Gasteiger partial charge in [-0.3, -0.25) is 0 Å². The second-order valence-corrected chi connectivity index (χ2v) is 7.16. The molecule has 4 aromatic rings. The van der Waals surface area contributed by atoms with Crippen LogP contribution >= 0.6 is 0 Å². The number of fused-ring (bicyclic) bond motifs is 3. The Morgan fingerprint density at radius 3 is 2.19 bits per heavy atom. The minimum atomic E-state index is 0.892. The number of rotatable bonds is 2. The first-order valence-electron chi connectivity index (χ1n) is 9.43. The minimum absolute atomic E-state index is 0.892. The van der Waals surface area contributed by atoms with Gasteiger partial charge in [0.2, 0.25) is 0 Å². The van der Waals surface area contributed by atoms with Crippen molar-refractivity contribution in [1.82, 2.24) is 15.0 Å². The van der Waals surface area contributed by atoms with E-state index in [4.69, 9.17) is 4.98 Å². The van der Waals surface area contributed by atoms with Crippen LogP contribution in [0.5, 0.6) is 0 Å². The lowest BCUT2D eigenvalue weighted by Gasteiger charge is -2.23. The predicted octanol–water partition coefficient (Wildman–Crippen LogP) is 4.35. The SMILES string of the molecule is c1ccc2c(c1)CCN2c1c[nH]c2ncnc(N3CCc4ccccc43)c12. The maximum absolute atomic E-state index is 4.72. The Balaban J connectivity index is 1.54. The Labute approximate surface area is 157 Å². The first-order chi connectivity index (χ1) is 13.4. The van der Waals surface area contributed by atoms with Crippen LogP contribution < -0.4 is 9.80 Å². The normalized spacial score (nSPS) is 15.4. The van der Waals surface area contributed by atoms with E-state index in [1.165, 1.54) is 22.5 Å². The molecule has 5 nitrogen and oxygen atoms in total. The third kappa shape index (κ3) is 2.11. The molecule has 4 heterocycles. The topological polar surface area (TPSA) is 48.1 Å². The summed E-state index contributed by atoms with van der Waals surface area (Å²) in [5, 5.41) is 1.10. The third-order valence-electron chi connectivity index (χ3n) is 5.75. The third-order valence-corrected chi connectivity index (χ3v) is 5.75. The van der Waals surface area contributed by atoms with Crippen LogP contribution in [0.4, 0.5) is 22.9 Å². The fourth-order valence-corrected chi connectivity index (χ4v) is 4.49. The summed E-state index contributed by atoms with van der Waals surface area (Å²) in [4.78, 5) is 17.3.